The van der Waals surface area contributed by atoms with E-state index in [2.05, 4.69) is 14.9 Å². The van der Waals surface area contributed by atoms with Gasteiger partial charge in [0.2, 0.25) is 0 Å². The first-order chi connectivity index (χ1) is 8.29. The molecule has 1 fully saturated rings. The van der Waals surface area contributed by atoms with Gasteiger partial charge in [-0.2, -0.15) is 0 Å². The maximum absolute atomic E-state index is 13.4. The van der Waals surface area contributed by atoms with Crippen molar-refractivity contribution in [3.8, 4) is 0 Å². The Morgan fingerprint density at radius 1 is 1.41 bits per heavy atom. The fourth-order valence-electron chi connectivity index (χ4n) is 2.25. The summed E-state index contributed by atoms with van der Waals surface area (Å²) in [6.07, 6.45) is -0.344. The van der Waals surface area contributed by atoms with E-state index in [9.17, 15) is 4.39 Å². The van der Waals surface area contributed by atoms with Crippen molar-refractivity contribution < 1.29 is 4.39 Å². The molecule has 4 nitrogen and oxygen atoms in total. The SMILES string of the molecule is [N-]=[N+]=NC[C@@H]1C[C@H](F)CN1Cc1ccccc1. The lowest BCUT2D eigenvalue weighted by atomic mass is 10.2. The first-order valence-electron chi connectivity index (χ1n) is 5.72. The van der Waals surface area contributed by atoms with Crippen molar-refractivity contribution in [1.29, 1.82) is 0 Å². The van der Waals surface area contributed by atoms with Crippen LogP contribution in [0.1, 0.15) is 12.0 Å². The van der Waals surface area contributed by atoms with E-state index in [0.717, 1.165) is 5.56 Å². The van der Waals surface area contributed by atoms with Gasteiger partial charge in [0.15, 0.2) is 0 Å². The second kappa shape index (κ2) is 5.66. The van der Waals surface area contributed by atoms with Gasteiger partial charge >= 0.3 is 0 Å². The molecule has 0 saturated carbocycles. The van der Waals surface area contributed by atoms with Crippen molar-refractivity contribution in [2.75, 3.05) is 13.1 Å². The zero-order chi connectivity index (χ0) is 12.1. The van der Waals surface area contributed by atoms with Crippen LogP contribution >= 0.6 is 0 Å². The molecule has 90 valence electrons. The lowest BCUT2D eigenvalue weighted by molar-refractivity contribution is 0.238. The van der Waals surface area contributed by atoms with Crippen molar-refractivity contribution in [1.82, 2.24) is 4.90 Å². The molecule has 0 bridgehead atoms. The summed E-state index contributed by atoms with van der Waals surface area (Å²) in [5.41, 5.74) is 9.47. The Kier molecular flexibility index (Phi) is 3.96. The Balaban J connectivity index is 2.00. The normalized spacial score (nSPS) is 24.5. The number of alkyl halides is 1. The van der Waals surface area contributed by atoms with Crippen molar-refractivity contribution >= 4 is 0 Å². The smallest absolute Gasteiger partial charge is 0.114 e. The lowest BCUT2D eigenvalue weighted by Crippen LogP contribution is -2.31. The molecule has 1 aromatic carbocycles. The average molecular weight is 234 g/mol. The molecule has 0 N–H and O–H groups in total. The average Bonchev–Trinajstić information content (AvgIpc) is 2.68. The maximum Gasteiger partial charge on any atom is 0.114 e. The third kappa shape index (κ3) is 3.19. The monoisotopic (exact) mass is 234 g/mol. The van der Waals surface area contributed by atoms with E-state index in [-0.39, 0.29) is 6.04 Å². The minimum atomic E-state index is -0.808. The number of likely N-dealkylation sites (tertiary alicyclic amines) is 1. The van der Waals surface area contributed by atoms with E-state index >= 15 is 0 Å². The number of benzene rings is 1. The molecule has 2 atom stereocenters. The predicted molar refractivity (Wildman–Crippen MR) is 64.2 cm³/mol. The van der Waals surface area contributed by atoms with Crippen molar-refractivity contribution in [3.05, 3.63) is 46.3 Å². The van der Waals surface area contributed by atoms with Crippen LogP contribution in [0.3, 0.4) is 0 Å². The zero-order valence-electron chi connectivity index (χ0n) is 9.54. The molecule has 0 radical (unpaired) electrons. The molecular formula is C12H15FN4. The van der Waals surface area contributed by atoms with Crippen LogP contribution in [0, 0.1) is 0 Å². The van der Waals surface area contributed by atoms with E-state index in [1.807, 2.05) is 30.3 Å². The van der Waals surface area contributed by atoms with Gasteiger partial charge in [-0.15, -0.1) is 0 Å². The van der Waals surface area contributed by atoms with Crippen molar-refractivity contribution in [2.45, 2.75) is 25.2 Å². The van der Waals surface area contributed by atoms with Crippen LogP contribution in [-0.4, -0.2) is 30.2 Å². The Hall–Kier alpha value is -1.58. The van der Waals surface area contributed by atoms with Gasteiger partial charge in [0, 0.05) is 30.6 Å². The Morgan fingerprint density at radius 3 is 2.88 bits per heavy atom. The van der Waals surface area contributed by atoms with E-state index in [1.54, 1.807) is 0 Å². The summed E-state index contributed by atoms with van der Waals surface area (Å²) in [6.45, 7) is 1.50. The molecule has 1 aromatic rings. The van der Waals surface area contributed by atoms with Crippen LogP contribution in [0.25, 0.3) is 10.4 Å². The molecule has 0 aliphatic carbocycles. The standard InChI is InChI=1S/C12H15FN4/c13-11-6-12(7-15-16-14)17(9-11)8-10-4-2-1-3-5-10/h1-5,11-12H,6-9H2/t11-,12-/m0/s1. The molecule has 1 saturated heterocycles. The van der Waals surface area contributed by atoms with E-state index in [1.165, 1.54) is 0 Å². The minimum absolute atomic E-state index is 0.0288. The second-order valence-electron chi connectivity index (χ2n) is 4.32. The summed E-state index contributed by atoms with van der Waals surface area (Å²) in [4.78, 5) is 4.79. The van der Waals surface area contributed by atoms with Crippen molar-refractivity contribution in [3.63, 3.8) is 0 Å². The lowest BCUT2D eigenvalue weighted by Gasteiger charge is -2.22. The van der Waals surface area contributed by atoms with Crippen LogP contribution in [0.4, 0.5) is 4.39 Å². The largest absolute Gasteiger partial charge is 0.293 e. The van der Waals surface area contributed by atoms with Gasteiger partial charge in [-0.05, 0) is 17.5 Å². The van der Waals surface area contributed by atoms with Crippen LogP contribution in [0.5, 0.6) is 0 Å². The molecule has 0 amide bonds. The van der Waals surface area contributed by atoms with Gasteiger partial charge in [-0.1, -0.05) is 35.4 Å². The van der Waals surface area contributed by atoms with E-state index in [4.69, 9.17) is 5.53 Å². The summed E-state index contributed by atoms with van der Waals surface area (Å²) in [6, 6.07) is 9.98. The van der Waals surface area contributed by atoms with Gasteiger partial charge in [-0.25, -0.2) is 4.39 Å². The van der Waals surface area contributed by atoms with Gasteiger partial charge in [0.05, 0.1) is 0 Å². The minimum Gasteiger partial charge on any atom is -0.293 e. The van der Waals surface area contributed by atoms with E-state index in [0.29, 0.717) is 26.1 Å². The summed E-state index contributed by atoms with van der Waals surface area (Å²) in [7, 11) is 0. The van der Waals surface area contributed by atoms with Gasteiger partial charge in [0.1, 0.15) is 6.17 Å². The fraction of sp³-hybridized carbons (Fsp3) is 0.500. The van der Waals surface area contributed by atoms with Gasteiger partial charge in [0.25, 0.3) is 0 Å². The number of nitrogens with zero attached hydrogens (tertiary/aromatic N) is 4. The number of halogens is 1. The van der Waals surface area contributed by atoms with Gasteiger partial charge < -0.3 is 0 Å². The third-order valence-electron chi connectivity index (χ3n) is 3.06. The summed E-state index contributed by atoms with van der Waals surface area (Å²) < 4.78 is 13.4. The number of rotatable bonds is 4. The maximum atomic E-state index is 13.4. The Morgan fingerprint density at radius 2 is 2.18 bits per heavy atom. The van der Waals surface area contributed by atoms with Crippen LogP contribution in [0.2, 0.25) is 0 Å². The molecule has 1 aliphatic heterocycles. The second-order valence-corrected chi connectivity index (χ2v) is 4.32. The number of hydrogen-bond acceptors (Lipinski definition) is 2. The highest BCUT2D eigenvalue weighted by atomic mass is 19.1. The van der Waals surface area contributed by atoms with Gasteiger partial charge in [-0.3, -0.25) is 4.90 Å². The fourth-order valence-corrected chi connectivity index (χ4v) is 2.25. The molecule has 5 heteroatoms. The first kappa shape index (κ1) is 11.9. The summed E-state index contributed by atoms with van der Waals surface area (Å²) >= 11 is 0. The number of hydrogen-bond donors (Lipinski definition) is 0. The number of azide groups is 1. The predicted octanol–water partition coefficient (Wildman–Crippen LogP) is 2.91. The Bertz CT molecular complexity index is 402. The third-order valence-corrected chi connectivity index (χ3v) is 3.06. The molecular weight excluding hydrogens is 219 g/mol. The molecule has 1 aliphatic rings. The first-order valence-corrected chi connectivity index (χ1v) is 5.72. The summed E-state index contributed by atoms with van der Waals surface area (Å²) in [5, 5.41) is 3.55. The molecule has 2 rings (SSSR count). The highest BCUT2D eigenvalue weighted by Gasteiger charge is 2.31. The molecule has 0 spiro atoms. The van der Waals surface area contributed by atoms with Crippen molar-refractivity contribution in [2.24, 2.45) is 5.11 Å². The van der Waals surface area contributed by atoms with Crippen LogP contribution in [0.15, 0.2) is 35.4 Å². The molecule has 0 unspecified atom stereocenters. The Labute approximate surface area is 99.7 Å². The van der Waals surface area contributed by atoms with E-state index < -0.39 is 6.17 Å². The summed E-state index contributed by atoms with van der Waals surface area (Å²) in [5.74, 6) is 0. The topological polar surface area (TPSA) is 52.0 Å². The molecule has 0 aromatic heterocycles. The molecule has 1 heterocycles. The highest BCUT2D eigenvalue weighted by molar-refractivity contribution is 5.15. The van der Waals surface area contributed by atoms with Crippen LogP contribution in [-0.2, 0) is 6.54 Å². The quantitative estimate of drug-likeness (QED) is 0.449. The van der Waals surface area contributed by atoms with Crippen LogP contribution < -0.4 is 0 Å². The molecule has 17 heavy (non-hydrogen) atoms. The zero-order valence-corrected chi connectivity index (χ0v) is 9.54. The highest BCUT2D eigenvalue weighted by Crippen LogP contribution is 2.22.